The number of nitrogens with zero attached hydrogens (tertiary/aromatic N) is 4. The zero-order valence-electron chi connectivity index (χ0n) is 43.4. The van der Waals surface area contributed by atoms with E-state index in [1.165, 1.54) is 19.8 Å². The smallest absolute Gasteiger partial charge is 0.407 e. The number of amides is 4. The lowest BCUT2D eigenvalue weighted by Crippen LogP contribution is -2.55. The van der Waals surface area contributed by atoms with Gasteiger partial charge in [0.15, 0.2) is 0 Å². The molecule has 4 fully saturated rings. The minimum absolute atomic E-state index is 0.0360. The number of alkyl carbamates (subject to hydrolysis) is 2. The standard InChI is InChI=1S/C55H72N8O9/c1-26-15-44(62(32(26)7)52(64)47(60-54(66)68-9)36-17-28(3)71-29(4)18-36)50-56-24-43(58-50)35-11-13-39-38(21-35)25-70-46-23-40-34(22-41(39)46)12-14-42-49(40)59-51(57-42)45-16-27(2)33(8)63(45)53(65)48(61-55(67)69-10)37-19-30(5)72-31(6)20-37/h11,13,21-24,26-33,36-37,44-45,47-48H,12,14-20,25H2,1-10H3,(H,56,58)(H,57,59)(H,60,66)(H,61,67)/t26-,27-,28+,29+,30+,31+,32-,33-,44-,45-,47-,48-/m0/s1. The largest absolute Gasteiger partial charge is 0.488 e. The zero-order chi connectivity index (χ0) is 50.9. The molecule has 0 bridgehead atoms. The number of H-pyrrole nitrogens is 2. The van der Waals surface area contributed by atoms with E-state index in [1.807, 2.05) is 43.7 Å². The first-order chi connectivity index (χ1) is 34.5. The molecule has 4 amide bonds. The van der Waals surface area contributed by atoms with Crippen molar-refractivity contribution >= 4 is 24.0 Å². The Kier molecular flexibility index (Phi) is 13.7. The summed E-state index contributed by atoms with van der Waals surface area (Å²) in [5.41, 5.74) is 9.16. The lowest BCUT2D eigenvalue weighted by Gasteiger charge is -2.39. The number of fused-ring (bicyclic) bond motifs is 6. The Morgan fingerprint density at radius 3 is 1.76 bits per heavy atom. The summed E-state index contributed by atoms with van der Waals surface area (Å²) >= 11 is 0. The first-order valence-electron chi connectivity index (χ1n) is 26.2. The zero-order valence-corrected chi connectivity index (χ0v) is 43.4. The maximum Gasteiger partial charge on any atom is 0.407 e. The van der Waals surface area contributed by atoms with Crippen LogP contribution in [0.2, 0.25) is 0 Å². The van der Waals surface area contributed by atoms with Crippen LogP contribution in [0.4, 0.5) is 9.59 Å². The summed E-state index contributed by atoms with van der Waals surface area (Å²) < 4.78 is 28.6. The van der Waals surface area contributed by atoms with Crippen molar-refractivity contribution in [1.82, 2.24) is 40.4 Å². The number of carbonyl (C=O) groups is 4. The fourth-order valence-corrected chi connectivity index (χ4v) is 13.1. The van der Waals surface area contributed by atoms with Crippen LogP contribution in [-0.4, -0.2) is 117 Å². The Labute approximate surface area is 422 Å². The summed E-state index contributed by atoms with van der Waals surface area (Å²) in [5, 5.41) is 5.83. The summed E-state index contributed by atoms with van der Waals surface area (Å²) in [6, 6.07) is 8.55. The Balaban J connectivity index is 0.887. The molecule has 17 nitrogen and oxygen atoms in total. The SMILES string of the molecule is COC(=O)N[C@H](C(=O)N1[C@H](c2ncc(-c3ccc4c(c3)COc3cc5c(cc3-4)CCc3[nH]c([C@@H]4C[C@H](C)[C@H](C)N4C(=O)[C@@H](NC(=O)OC)C4C[C@@H](C)O[C@H](C)C4)nc3-5)[nH]2)C[C@H](C)[C@@H]1C)C1C[C@@H](C)O[C@H](C)C1. The predicted molar refractivity (Wildman–Crippen MR) is 269 cm³/mol. The highest BCUT2D eigenvalue weighted by atomic mass is 16.5. The summed E-state index contributed by atoms with van der Waals surface area (Å²) in [4.78, 5) is 76.2. The fourth-order valence-electron chi connectivity index (χ4n) is 13.1. The number of nitrogens with one attached hydrogen (secondary N) is 4. The molecule has 17 heteroatoms. The number of ether oxygens (including phenoxy) is 5. The fraction of sp³-hybridized carbons (Fsp3) is 0.600. The van der Waals surface area contributed by atoms with Gasteiger partial charge in [-0.05, 0) is 157 Å². The lowest BCUT2D eigenvalue weighted by molar-refractivity contribution is -0.141. The number of methoxy groups -OCH3 is 2. The number of benzene rings is 2. The van der Waals surface area contributed by atoms with Crippen LogP contribution in [0.5, 0.6) is 5.75 Å². The van der Waals surface area contributed by atoms with Gasteiger partial charge in [0.05, 0.1) is 68.3 Å². The van der Waals surface area contributed by atoms with Crippen LogP contribution in [0.15, 0.2) is 36.5 Å². The van der Waals surface area contributed by atoms with Gasteiger partial charge in [-0.1, -0.05) is 26.0 Å². The van der Waals surface area contributed by atoms with Gasteiger partial charge < -0.3 is 54.1 Å². The van der Waals surface area contributed by atoms with Gasteiger partial charge in [-0.2, -0.15) is 0 Å². The molecule has 2 aromatic heterocycles. The second kappa shape index (κ2) is 19.8. The van der Waals surface area contributed by atoms with Crippen molar-refractivity contribution in [2.75, 3.05) is 14.2 Å². The van der Waals surface area contributed by atoms with Crippen LogP contribution in [0.1, 0.15) is 134 Å². The van der Waals surface area contributed by atoms with Crippen LogP contribution < -0.4 is 15.4 Å². The molecule has 1 aliphatic carbocycles. The van der Waals surface area contributed by atoms with Crippen molar-refractivity contribution in [3.8, 4) is 39.4 Å². The molecule has 72 heavy (non-hydrogen) atoms. The van der Waals surface area contributed by atoms with E-state index in [1.54, 1.807) is 0 Å². The highest BCUT2D eigenvalue weighted by Crippen LogP contribution is 2.48. The van der Waals surface area contributed by atoms with Gasteiger partial charge in [0.25, 0.3) is 0 Å². The summed E-state index contributed by atoms with van der Waals surface area (Å²) in [6.07, 6.45) is 6.14. The molecule has 0 spiro atoms. The Hall–Kier alpha value is -5.94. The molecule has 0 radical (unpaired) electrons. The minimum Gasteiger partial charge on any atom is -0.488 e. The molecule has 2 aromatic carbocycles. The third kappa shape index (κ3) is 9.24. The molecule has 4 saturated heterocycles. The molecule has 386 valence electrons. The number of aromatic amines is 2. The number of carbonyl (C=O) groups excluding carboxylic acids is 4. The summed E-state index contributed by atoms with van der Waals surface area (Å²) in [6.45, 7) is 16.9. The first kappa shape index (κ1) is 49.6. The molecule has 4 aromatic rings. The Bertz CT molecular complexity index is 2700. The Morgan fingerprint density at radius 2 is 1.21 bits per heavy atom. The molecule has 6 aliphatic rings. The first-order valence-corrected chi connectivity index (χ1v) is 26.2. The predicted octanol–water partition coefficient (Wildman–Crippen LogP) is 8.58. The van der Waals surface area contributed by atoms with Crippen molar-refractivity contribution in [1.29, 1.82) is 0 Å². The second-order valence-electron chi connectivity index (χ2n) is 21.9. The van der Waals surface area contributed by atoms with Gasteiger partial charge in [-0.25, -0.2) is 19.6 Å². The van der Waals surface area contributed by atoms with Crippen LogP contribution in [-0.2, 0) is 48.0 Å². The van der Waals surface area contributed by atoms with E-state index < -0.39 is 24.3 Å². The van der Waals surface area contributed by atoms with Crippen LogP contribution in [0.3, 0.4) is 0 Å². The van der Waals surface area contributed by atoms with E-state index in [0.29, 0.717) is 38.1 Å². The van der Waals surface area contributed by atoms with Crippen molar-refractivity contribution in [2.45, 2.75) is 174 Å². The number of imidazole rings is 2. The highest BCUT2D eigenvalue weighted by Gasteiger charge is 2.49. The lowest BCUT2D eigenvalue weighted by atomic mass is 9.85. The third-order valence-corrected chi connectivity index (χ3v) is 17.0. The molecule has 4 N–H and O–H groups in total. The van der Waals surface area contributed by atoms with Gasteiger partial charge in [0.1, 0.15) is 36.1 Å². The Morgan fingerprint density at radius 1 is 0.653 bits per heavy atom. The van der Waals surface area contributed by atoms with Crippen molar-refractivity contribution in [3.05, 3.63) is 65.0 Å². The quantitative estimate of drug-likeness (QED) is 0.125. The van der Waals surface area contributed by atoms with E-state index in [4.69, 9.17) is 33.7 Å². The van der Waals surface area contributed by atoms with Gasteiger partial charge >= 0.3 is 12.2 Å². The van der Waals surface area contributed by atoms with Gasteiger partial charge in [0, 0.05) is 28.9 Å². The molecular formula is C55H72N8O9. The van der Waals surface area contributed by atoms with Gasteiger partial charge in [-0.15, -0.1) is 0 Å². The van der Waals surface area contributed by atoms with E-state index in [2.05, 4.69) is 78.6 Å². The number of hydrogen-bond donors (Lipinski definition) is 4. The highest BCUT2D eigenvalue weighted by molar-refractivity contribution is 5.88. The van der Waals surface area contributed by atoms with E-state index >= 15 is 0 Å². The molecule has 10 rings (SSSR count). The second-order valence-corrected chi connectivity index (χ2v) is 21.9. The van der Waals surface area contributed by atoms with Gasteiger partial charge in [-0.3, -0.25) is 9.59 Å². The molecule has 0 saturated carbocycles. The third-order valence-electron chi connectivity index (χ3n) is 17.0. The van der Waals surface area contributed by atoms with Crippen LogP contribution >= 0.6 is 0 Å². The van der Waals surface area contributed by atoms with E-state index in [0.717, 1.165) is 82.2 Å². The maximum absolute atomic E-state index is 14.8. The van der Waals surface area contributed by atoms with Crippen molar-refractivity contribution < 1.29 is 42.9 Å². The molecule has 0 unspecified atom stereocenters. The summed E-state index contributed by atoms with van der Waals surface area (Å²) in [5.74, 6) is 2.23. The van der Waals surface area contributed by atoms with E-state index in [9.17, 15) is 19.2 Å². The van der Waals surface area contributed by atoms with Gasteiger partial charge in [0.2, 0.25) is 11.8 Å². The van der Waals surface area contributed by atoms with Crippen molar-refractivity contribution in [3.63, 3.8) is 0 Å². The maximum atomic E-state index is 14.8. The monoisotopic (exact) mass is 989 g/mol. The number of aromatic nitrogens is 4. The molecule has 7 heterocycles. The number of rotatable bonds is 9. The average molecular weight is 989 g/mol. The average Bonchev–Trinajstić information content (AvgIpc) is 4.15. The number of hydrogen-bond acceptors (Lipinski definition) is 11. The molecule has 5 aliphatic heterocycles. The molecule has 12 atom stereocenters. The van der Waals surface area contributed by atoms with Crippen LogP contribution in [0, 0.1) is 23.7 Å². The minimum atomic E-state index is -0.759. The summed E-state index contributed by atoms with van der Waals surface area (Å²) in [7, 11) is 2.65. The number of likely N-dealkylation sites (tertiary alicyclic amines) is 2. The number of aryl methyl sites for hydroxylation is 2. The van der Waals surface area contributed by atoms with Crippen LogP contribution in [0.25, 0.3) is 33.6 Å². The van der Waals surface area contributed by atoms with E-state index in [-0.39, 0.29) is 84.1 Å². The normalized spacial score (nSPS) is 30.5. The topological polar surface area (TPSA) is 202 Å². The molecular weight excluding hydrogens is 917 g/mol. The van der Waals surface area contributed by atoms with Crippen molar-refractivity contribution in [2.24, 2.45) is 23.7 Å².